The van der Waals surface area contributed by atoms with Crippen molar-refractivity contribution in [3.05, 3.63) is 35.9 Å². The van der Waals surface area contributed by atoms with Gasteiger partial charge in [-0.05, 0) is 12.0 Å². The lowest BCUT2D eigenvalue weighted by molar-refractivity contribution is -0.155. The number of ether oxygens (including phenoxy) is 1. The van der Waals surface area contributed by atoms with Gasteiger partial charge in [0, 0.05) is 12.8 Å². The van der Waals surface area contributed by atoms with Gasteiger partial charge in [0.2, 0.25) is 0 Å². The fraction of sp³-hybridized carbons (Fsp3) is 0.609. The molecule has 1 saturated heterocycles. The first-order valence-corrected chi connectivity index (χ1v) is 10.9. The molecule has 0 aliphatic carbocycles. The third-order valence-electron chi connectivity index (χ3n) is 5.44. The molecule has 0 radical (unpaired) electrons. The zero-order valence-electron chi connectivity index (χ0n) is 17.5. The van der Waals surface area contributed by atoms with E-state index in [-0.39, 0.29) is 12.4 Å². The molecule has 29 heavy (non-hydrogen) atoms. The van der Waals surface area contributed by atoms with Crippen LogP contribution in [-0.2, 0) is 14.3 Å². The Morgan fingerprint density at radius 2 is 1.59 bits per heavy atom. The van der Waals surface area contributed by atoms with Gasteiger partial charge in [0.1, 0.15) is 0 Å². The molecule has 0 aromatic heterocycles. The summed E-state index contributed by atoms with van der Waals surface area (Å²) in [4.78, 5) is 37.5. The van der Waals surface area contributed by atoms with Crippen LogP contribution in [0.2, 0.25) is 0 Å². The molecule has 6 nitrogen and oxygen atoms in total. The predicted octanol–water partition coefficient (Wildman–Crippen LogP) is 4.87. The standard InChI is InChI=1S/C23H34N2O4/c1-2-3-4-5-6-7-8-9-13-16-21(26)29-20-17-19(18-14-11-10-12-15-18)25(22(20)27)23(24)28/h10-12,14-15,19-20H,2-9,13,16-17H2,1H3,(H2,24,28). The lowest BCUT2D eigenvalue weighted by atomic mass is 10.0. The van der Waals surface area contributed by atoms with Gasteiger partial charge in [0.05, 0.1) is 6.04 Å². The van der Waals surface area contributed by atoms with Crippen molar-refractivity contribution < 1.29 is 19.1 Å². The minimum atomic E-state index is -0.946. The van der Waals surface area contributed by atoms with Gasteiger partial charge in [-0.25, -0.2) is 4.79 Å². The Morgan fingerprint density at radius 3 is 2.17 bits per heavy atom. The maximum absolute atomic E-state index is 12.5. The van der Waals surface area contributed by atoms with Crippen molar-refractivity contribution in [1.29, 1.82) is 0 Å². The van der Waals surface area contributed by atoms with E-state index < -0.39 is 24.1 Å². The molecule has 160 valence electrons. The number of urea groups is 1. The summed E-state index contributed by atoms with van der Waals surface area (Å²) in [6.45, 7) is 2.21. The molecule has 2 atom stereocenters. The van der Waals surface area contributed by atoms with Crippen LogP contribution in [0.15, 0.2) is 30.3 Å². The highest BCUT2D eigenvalue weighted by Gasteiger charge is 2.45. The first kappa shape index (κ1) is 22.9. The van der Waals surface area contributed by atoms with Gasteiger partial charge in [-0.15, -0.1) is 0 Å². The molecule has 0 bridgehead atoms. The number of likely N-dealkylation sites (tertiary alicyclic amines) is 1. The number of primary amides is 1. The number of amides is 3. The number of imide groups is 1. The molecule has 1 fully saturated rings. The number of carbonyl (C=O) groups is 3. The number of hydrogen-bond donors (Lipinski definition) is 1. The van der Waals surface area contributed by atoms with Crippen molar-refractivity contribution in [3.8, 4) is 0 Å². The number of nitrogens with zero attached hydrogens (tertiary/aromatic N) is 1. The summed E-state index contributed by atoms with van der Waals surface area (Å²) in [5.74, 6) is -0.920. The Hall–Kier alpha value is -2.37. The molecule has 1 aromatic carbocycles. The molecule has 0 spiro atoms. The monoisotopic (exact) mass is 402 g/mol. The minimum absolute atomic E-state index is 0.245. The summed E-state index contributed by atoms with van der Waals surface area (Å²) in [5.41, 5.74) is 6.20. The summed E-state index contributed by atoms with van der Waals surface area (Å²) in [5, 5.41) is 0. The van der Waals surface area contributed by atoms with Gasteiger partial charge >= 0.3 is 12.0 Å². The van der Waals surface area contributed by atoms with Gasteiger partial charge in [-0.2, -0.15) is 0 Å². The number of hydrogen-bond acceptors (Lipinski definition) is 4. The Balaban J connectivity index is 1.73. The van der Waals surface area contributed by atoms with Crippen LogP contribution in [0.25, 0.3) is 0 Å². The van der Waals surface area contributed by atoms with Gasteiger partial charge in [0.25, 0.3) is 5.91 Å². The molecule has 0 saturated carbocycles. The molecule has 1 heterocycles. The van der Waals surface area contributed by atoms with Crippen molar-refractivity contribution >= 4 is 17.9 Å². The summed E-state index contributed by atoms with van der Waals surface area (Å²) in [6, 6.07) is 7.88. The largest absolute Gasteiger partial charge is 0.452 e. The minimum Gasteiger partial charge on any atom is -0.452 e. The molecule has 2 N–H and O–H groups in total. The van der Waals surface area contributed by atoms with Crippen molar-refractivity contribution in [2.75, 3.05) is 0 Å². The van der Waals surface area contributed by atoms with Crippen LogP contribution in [0.5, 0.6) is 0 Å². The molecule has 1 aromatic rings. The van der Waals surface area contributed by atoms with E-state index in [0.717, 1.165) is 29.7 Å². The summed E-state index contributed by atoms with van der Waals surface area (Å²) in [7, 11) is 0. The molecule has 2 unspecified atom stereocenters. The average molecular weight is 403 g/mol. The van der Waals surface area contributed by atoms with E-state index in [1.807, 2.05) is 30.3 Å². The van der Waals surface area contributed by atoms with Gasteiger partial charge < -0.3 is 10.5 Å². The van der Waals surface area contributed by atoms with E-state index in [2.05, 4.69) is 6.92 Å². The smallest absolute Gasteiger partial charge is 0.322 e. The molecule has 1 aliphatic heterocycles. The Bertz CT molecular complexity index is 662. The number of benzene rings is 1. The number of carbonyl (C=O) groups excluding carboxylic acids is 3. The first-order chi connectivity index (χ1) is 14.0. The molecule has 1 aliphatic rings. The highest BCUT2D eigenvalue weighted by atomic mass is 16.5. The fourth-order valence-corrected chi connectivity index (χ4v) is 3.84. The number of nitrogens with two attached hydrogens (primary N) is 1. The molecular weight excluding hydrogens is 368 g/mol. The van der Waals surface area contributed by atoms with Crippen molar-refractivity contribution in [3.63, 3.8) is 0 Å². The normalized spacial score (nSPS) is 18.8. The van der Waals surface area contributed by atoms with Crippen molar-refractivity contribution in [1.82, 2.24) is 4.90 Å². The molecule has 6 heteroatoms. The van der Waals surface area contributed by atoms with E-state index in [9.17, 15) is 14.4 Å². The van der Waals surface area contributed by atoms with E-state index >= 15 is 0 Å². The number of esters is 1. The van der Waals surface area contributed by atoms with E-state index in [1.54, 1.807) is 0 Å². The SMILES string of the molecule is CCCCCCCCCCCC(=O)OC1CC(c2ccccc2)N(C(N)=O)C1=O. The quantitative estimate of drug-likeness (QED) is 0.399. The van der Waals surface area contributed by atoms with Crippen LogP contribution in [0.3, 0.4) is 0 Å². The zero-order chi connectivity index (χ0) is 21.1. The summed E-state index contributed by atoms with van der Waals surface area (Å²) < 4.78 is 5.39. The predicted molar refractivity (Wildman–Crippen MR) is 112 cm³/mol. The van der Waals surface area contributed by atoms with Crippen LogP contribution in [0.1, 0.15) is 89.2 Å². The lowest BCUT2D eigenvalue weighted by Gasteiger charge is -2.20. The topological polar surface area (TPSA) is 89.7 Å². The molecule has 2 rings (SSSR count). The highest BCUT2D eigenvalue weighted by Crippen LogP contribution is 2.34. The summed E-state index contributed by atoms with van der Waals surface area (Å²) >= 11 is 0. The van der Waals surface area contributed by atoms with Gasteiger partial charge in [0.15, 0.2) is 6.10 Å². The maximum atomic E-state index is 12.5. The van der Waals surface area contributed by atoms with Crippen LogP contribution < -0.4 is 5.73 Å². The van der Waals surface area contributed by atoms with Crippen molar-refractivity contribution in [2.24, 2.45) is 5.73 Å². The van der Waals surface area contributed by atoms with Crippen LogP contribution >= 0.6 is 0 Å². The highest BCUT2D eigenvalue weighted by molar-refractivity contribution is 5.99. The fourth-order valence-electron chi connectivity index (χ4n) is 3.84. The maximum Gasteiger partial charge on any atom is 0.322 e. The Labute approximate surface area is 173 Å². The van der Waals surface area contributed by atoms with E-state index in [1.165, 1.54) is 38.5 Å². The Kier molecular flexibility index (Phi) is 9.68. The van der Waals surface area contributed by atoms with Crippen molar-refractivity contribution in [2.45, 2.75) is 89.7 Å². The zero-order valence-corrected chi connectivity index (χ0v) is 17.5. The number of unbranched alkanes of at least 4 members (excludes halogenated alkanes) is 8. The Morgan fingerprint density at radius 1 is 1.00 bits per heavy atom. The second-order valence-electron chi connectivity index (χ2n) is 7.77. The number of rotatable bonds is 12. The second kappa shape index (κ2) is 12.2. The summed E-state index contributed by atoms with van der Waals surface area (Å²) in [6.07, 6.45) is 10.1. The average Bonchev–Trinajstić information content (AvgIpc) is 3.03. The lowest BCUT2D eigenvalue weighted by Crippen LogP contribution is -2.41. The first-order valence-electron chi connectivity index (χ1n) is 10.9. The van der Waals surface area contributed by atoms with E-state index in [0.29, 0.717) is 6.42 Å². The molecular formula is C23H34N2O4. The molecule has 3 amide bonds. The third kappa shape index (κ3) is 7.18. The van der Waals surface area contributed by atoms with Crippen LogP contribution in [0.4, 0.5) is 4.79 Å². The van der Waals surface area contributed by atoms with Gasteiger partial charge in [-0.1, -0.05) is 88.6 Å². The van der Waals surface area contributed by atoms with Crippen LogP contribution in [0, 0.1) is 0 Å². The van der Waals surface area contributed by atoms with Gasteiger partial charge in [-0.3, -0.25) is 14.5 Å². The third-order valence-corrected chi connectivity index (χ3v) is 5.44. The van der Waals surface area contributed by atoms with Crippen LogP contribution in [-0.4, -0.2) is 28.9 Å². The van der Waals surface area contributed by atoms with E-state index in [4.69, 9.17) is 10.5 Å². The second-order valence-corrected chi connectivity index (χ2v) is 7.77.